The Labute approximate surface area is 122 Å². The van der Waals surface area contributed by atoms with Crippen LogP contribution in [0.2, 0.25) is 0 Å². The molecule has 0 amide bonds. The van der Waals surface area contributed by atoms with Crippen LogP contribution >= 0.6 is 0 Å². The van der Waals surface area contributed by atoms with E-state index in [1.807, 2.05) is 20.2 Å². The van der Waals surface area contributed by atoms with Crippen molar-refractivity contribution in [3.63, 3.8) is 0 Å². The van der Waals surface area contributed by atoms with Crippen molar-refractivity contribution < 1.29 is 4.74 Å². The third kappa shape index (κ3) is 3.35. The smallest absolute Gasteiger partial charge is 0.239 e. The Balaban J connectivity index is 2.16. The van der Waals surface area contributed by atoms with E-state index in [1.54, 1.807) is 13.3 Å². The summed E-state index contributed by atoms with van der Waals surface area (Å²) in [5.74, 6) is 0.682. The van der Waals surface area contributed by atoms with Crippen LogP contribution in [0.3, 0.4) is 0 Å². The Kier molecular flexibility index (Phi) is 4.41. The highest BCUT2D eigenvalue weighted by Gasteiger charge is 2.27. The number of nitrogens with zero attached hydrogens (tertiary/aromatic N) is 2. The quantitative estimate of drug-likeness (QED) is 0.913. The van der Waals surface area contributed by atoms with Gasteiger partial charge in [-0.2, -0.15) is 0 Å². The molecular weight excluding hydrogens is 250 g/mol. The summed E-state index contributed by atoms with van der Waals surface area (Å²) >= 11 is 0. The Morgan fingerprint density at radius 1 is 1.30 bits per heavy atom. The maximum absolute atomic E-state index is 5.42. The minimum Gasteiger partial charge on any atom is -0.479 e. The lowest BCUT2D eigenvalue weighted by atomic mass is 9.75. The minimum absolute atomic E-state index is 0.488. The van der Waals surface area contributed by atoms with Gasteiger partial charge < -0.3 is 15.0 Å². The molecule has 0 unspecified atom stereocenters. The topological polar surface area (TPSA) is 37.4 Å². The molecule has 0 spiro atoms. The zero-order chi connectivity index (χ0) is 14.8. The van der Waals surface area contributed by atoms with Crippen molar-refractivity contribution in [2.24, 2.45) is 5.41 Å². The number of methoxy groups -OCH3 is 1. The van der Waals surface area contributed by atoms with E-state index in [2.05, 4.69) is 29.0 Å². The molecule has 0 radical (unpaired) electrons. The second-order valence-electron chi connectivity index (χ2n) is 6.69. The zero-order valence-corrected chi connectivity index (χ0v) is 13.4. The predicted octanol–water partition coefficient (Wildman–Crippen LogP) is 3.54. The SMILES string of the molecule is COc1nccc(N(C)C)c1NC1CCC(C)(C)CC1. The van der Waals surface area contributed by atoms with E-state index < -0.39 is 0 Å². The van der Waals surface area contributed by atoms with Crippen molar-refractivity contribution >= 4 is 11.4 Å². The van der Waals surface area contributed by atoms with E-state index in [0.717, 1.165) is 11.4 Å². The average Bonchev–Trinajstić information content (AvgIpc) is 2.41. The lowest BCUT2D eigenvalue weighted by molar-refractivity contribution is 0.232. The summed E-state index contributed by atoms with van der Waals surface area (Å²) in [5.41, 5.74) is 2.63. The summed E-state index contributed by atoms with van der Waals surface area (Å²) in [6, 6.07) is 2.54. The molecule has 4 nitrogen and oxygen atoms in total. The number of hydrogen-bond donors (Lipinski definition) is 1. The van der Waals surface area contributed by atoms with Gasteiger partial charge in [0.2, 0.25) is 5.88 Å². The fourth-order valence-corrected chi connectivity index (χ4v) is 2.84. The normalized spacial score (nSPS) is 18.6. The first-order valence-corrected chi connectivity index (χ1v) is 7.40. The maximum atomic E-state index is 5.42. The summed E-state index contributed by atoms with van der Waals surface area (Å²) in [4.78, 5) is 6.42. The van der Waals surface area contributed by atoms with E-state index in [0.29, 0.717) is 17.3 Å². The van der Waals surface area contributed by atoms with Crippen molar-refractivity contribution in [1.29, 1.82) is 0 Å². The lowest BCUT2D eigenvalue weighted by Crippen LogP contribution is -2.30. The largest absolute Gasteiger partial charge is 0.479 e. The summed E-state index contributed by atoms with van der Waals surface area (Å²) < 4.78 is 5.42. The van der Waals surface area contributed by atoms with Gasteiger partial charge in [0.25, 0.3) is 0 Å². The highest BCUT2D eigenvalue weighted by Crippen LogP contribution is 2.39. The van der Waals surface area contributed by atoms with E-state index in [1.165, 1.54) is 25.7 Å². The third-order valence-electron chi connectivity index (χ3n) is 4.26. The minimum atomic E-state index is 0.488. The number of ether oxygens (including phenoxy) is 1. The van der Waals surface area contributed by atoms with Crippen LogP contribution in [0, 0.1) is 5.41 Å². The monoisotopic (exact) mass is 277 g/mol. The Morgan fingerprint density at radius 2 is 1.95 bits per heavy atom. The van der Waals surface area contributed by atoms with Crippen LogP contribution in [0.15, 0.2) is 12.3 Å². The maximum Gasteiger partial charge on any atom is 0.239 e. The molecule has 0 aliphatic heterocycles. The first-order chi connectivity index (χ1) is 9.43. The number of rotatable bonds is 4. The molecule has 112 valence electrons. The van der Waals surface area contributed by atoms with Gasteiger partial charge in [-0.15, -0.1) is 0 Å². The molecule has 1 aromatic heterocycles. The molecule has 0 saturated heterocycles. The molecular formula is C16H27N3O. The molecule has 2 rings (SSSR count). The van der Waals surface area contributed by atoms with E-state index >= 15 is 0 Å². The summed E-state index contributed by atoms with van der Waals surface area (Å²) in [6.07, 6.45) is 6.74. The van der Waals surface area contributed by atoms with Crippen LogP contribution < -0.4 is 15.0 Å². The number of aromatic nitrogens is 1. The van der Waals surface area contributed by atoms with Crippen LogP contribution in [-0.2, 0) is 0 Å². The Hall–Kier alpha value is -1.45. The molecule has 0 bridgehead atoms. The zero-order valence-electron chi connectivity index (χ0n) is 13.4. The molecule has 1 aliphatic carbocycles. The van der Waals surface area contributed by atoms with Gasteiger partial charge in [0.05, 0.1) is 12.8 Å². The van der Waals surface area contributed by atoms with Crippen molar-refractivity contribution in [1.82, 2.24) is 4.98 Å². The van der Waals surface area contributed by atoms with Crippen LogP contribution in [0.25, 0.3) is 0 Å². The van der Waals surface area contributed by atoms with E-state index in [4.69, 9.17) is 4.74 Å². The fraction of sp³-hybridized carbons (Fsp3) is 0.688. The van der Waals surface area contributed by atoms with Gasteiger partial charge in [0.1, 0.15) is 5.69 Å². The standard InChI is InChI=1S/C16H27N3O/c1-16(2)9-6-12(7-10-16)18-14-13(19(3)4)8-11-17-15(14)20-5/h8,11-12,18H,6-7,9-10H2,1-5H3. The molecule has 1 aliphatic rings. The molecule has 1 N–H and O–H groups in total. The molecule has 0 aromatic carbocycles. The van der Waals surface area contributed by atoms with Crippen molar-refractivity contribution in [3.05, 3.63) is 12.3 Å². The molecule has 0 atom stereocenters. The first kappa shape index (κ1) is 14.9. The second-order valence-corrected chi connectivity index (χ2v) is 6.69. The van der Waals surface area contributed by atoms with Gasteiger partial charge in [-0.25, -0.2) is 4.98 Å². The number of hydrogen-bond acceptors (Lipinski definition) is 4. The second kappa shape index (κ2) is 5.90. The Bertz CT molecular complexity index is 447. The molecule has 1 saturated carbocycles. The summed E-state index contributed by atoms with van der Waals surface area (Å²) in [7, 11) is 5.77. The number of anilines is 2. The first-order valence-electron chi connectivity index (χ1n) is 7.40. The van der Waals surface area contributed by atoms with Crippen molar-refractivity contribution in [2.45, 2.75) is 45.6 Å². The van der Waals surface area contributed by atoms with Gasteiger partial charge in [-0.1, -0.05) is 13.8 Å². The molecule has 20 heavy (non-hydrogen) atoms. The number of pyridine rings is 1. The van der Waals surface area contributed by atoms with Gasteiger partial charge in [0.15, 0.2) is 0 Å². The molecule has 1 heterocycles. The van der Waals surface area contributed by atoms with Gasteiger partial charge in [0, 0.05) is 26.3 Å². The number of nitrogens with one attached hydrogen (secondary N) is 1. The highest BCUT2D eigenvalue weighted by molar-refractivity contribution is 5.74. The van der Waals surface area contributed by atoms with Gasteiger partial charge in [-0.3, -0.25) is 0 Å². The third-order valence-corrected chi connectivity index (χ3v) is 4.26. The van der Waals surface area contributed by atoms with Crippen molar-refractivity contribution in [3.8, 4) is 5.88 Å². The lowest BCUT2D eigenvalue weighted by Gasteiger charge is -2.35. The highest BCUT2D eigenvalue weighted by atomic mass is 16.5. The molecule has 1 aromatic rings. The van der Waals surface area contributed by atoms with Crippen LogP contribution in [0.4, 0.5) is 11.4 Å². The predicted molar refractivity (Wildman–Crippen MR) is 84.8 cm³/mol. The van der Waals surface area contributed by atoms with Crippen LogP contribution in [0.5, 0.6) is 5.88 Å². The summed E-state index contributed by atoms with van der Waals surface area (Å²) in [5, 5.41) is 3.66. The Morgan fingerprint density at radius 3 is 2.50 bits per heavy atom. The van der Waals surface area contributed by atoms with Gasteiger partial charge >= 0.3 is 0 Å². The van der Waals surface area contributed by atoms with Gasteiger partial charge in [-0.05, 0) is 37.2 Å². The van der Waals surface area contributed by atoms with E-state index in [9.17, 15) is 0 Å². The van der Waals surface area contributed by atoms with E-state index in [-0.39, 0.29) is 0 Å². The molecule has 1 fully saturated rings. The van der Waals surface area contributed by atoms with Crippen LogP contribution in [-0.4, -0.2) is 32.2 Å². The van der Waals surface area contributed by atoms with Crippen LogP contribution in [0.1, 0.15) is 39.5 Å². The molecule has 4 heteroatoms. The fourth-order valence-electron chi connectivity index (χ4n) is 2.84. The average molecular weight is 277 g/mol. The van der Waals surface area contributed by atoms with Crippen molar-refractivity contribution in [2.75, 3.05) is 31.4 Å². The summed E-state index contributed by atoms with van der Waals surface area (Å²) in [6.45, 7) is 4.72.